The predicted octanol–water partition coefficient (Wildman–Crippen LogP) is 6.17. The number of allylic oxidation sites excluding steroid dienone is 4. The zero-order valence-corrected chi connectivity index (χ0v) is 13.6. The Labute approximate surface area is 134 Å². The van der Waals surface area contributed by atoms with Gasteiger partial charge in [-0.2, -0.15) is 0 Å². The monoisotopic (exact) mass is 339 g/mol. The van der Waals surface area contributed by atoms with Crippen LogP contribution < -0.4 is 5.32 Å². The van der Waals surface area contributed by atoms with E-state index in [1.807, 2.05) is 55.5 Å². The summed E-state index contributed by atoms with van der Waals surface area (Å²) in [6.45, 7) is 5.82. The van der Waals surface area contributed by atoms with Crippen molar-refractivity contribution >= 4 is 21.6 Å². The minimum absolute atomic E-state index is 0.967. The lowest BCUT2D eigenvalue weighted by atomic mass is 10.1. The number of nitrogens with one attached hydrogen (secondary N) is 1. The lowest BCUT2D eigenvalue weighted by Gasteiger charge is -2.11. The van der Waals surface area contributed by atoms with Crippen LogP contribution >= 0.6 is 15.9 Å². The molecule has 1 nitrogen and oxygen atoms in total. The Hall–Kier alpha value is -2.06. The van der Waals surface area contributed by atoms with Gasteiger partial charge in [0.15, 0.2) is 0 Å². The minimum Gasteiger partial charge on any atom is -0.356 e. The minimum atomic E-state index is 0.967. The molecule has 1 N–H and O–H groups in total. The largest absolute Gasteiger partial charge is 0.356 e. The fourth-order valence-electron chi connectivity index (χ4n) is 1.97. The van der Waals surface area contributed by atoms with Gasteiger partial charge < -0.3 is 5.32 Å². The van der Waals surface area contributed by atoms with Crippen molar-refractivity contribution in [1.29, 1.82) is 0 Å². The van der Waals surface area contributed by atoms with Crippen LogP contribution in [0.4, 0.5) is 5.69 Å². The Balaban J connectivity index is 2.33. The normalized spacial score (nSPS) is 11.6. The first-order valence-corrected chi connectivity index (χ1v) is 7.61. The molecule has 0 amide bonds. The molecule has 0 fully saturated rings. The van der Waals surface area contributed by atoms with E-state index in [2.05, 4.69) is 52.1 Å². The molecule has 2 aromatic carbocycles. The highest BCUT2D eigenvalue weighted by molar-refractivity contribution is 9.10. The quantitative estimate of drug-likeness (QED) is 0.642. The number of benzene rings is 2. The summed E-state index contributed by atoms with van der Waals surface area (Å²) in [5.74, 6) is 0. The highest BCUT2D eigenvalue weighted by atomic mass is 79.9. The molecular weight excluding hydrogens is 322 g/mol. The van der Waals surface area contributed by atoms with Gasteiger partial charge in [-0.3, -0.25) is 0 Å². The van der Waals surface area contributed by atoms with Crippen LogP contribution in [0.25, 0.3) is 11.1 Å². The third-order valence-corrected chi connectivity index (χ3v) is 3.72. The van der Waals surface area contributed by atoms with E-state index in [-0.39, 0.29) is 0 Å². The van der Waals surface area contributed by atoms with Gasteiger partial charge in [-0.15, -0.1) is 0 Å². The van der Waals surface area contributed by atoms with Gasteiger partial charge in [0.2, 0.25) is 0 Å². The molecule has 2 rings (SSSR count). The van der Waals surface area contributed by atoms with Crippen LogP contribution in [0.5, 0.6) is 0 Å². The van der Waals surface area contributed by atoms with Crippen LogP contribution in [-0.2, 0) is 0 Å². The van der Waals surface area contributed by atoms with Crippen LogP contribution in [0.15, 0.2) is 89.6 Å². The predicted molar refractivity (Wildman–Crippen MR) is 96.3 cm³/mol. The molecule has 0 bridgehead atoms. The molecule has 0 aliphatic rings. The summed E-state index contributed by atoms with van der Waals surface area (Å²) in [6.07, 6.45) is 7.78. The smallest absolute Gasteiger partial charge is 0.0391 e. The Morgan fingerprint density at radius 1 is 1.14 bits per heavy atom. The van der Waals surface area contributed by atoms with Crippen LogP contribution in [0, 0.1) is 0 Å². The summed E-state index contributed by atoms with van der Waals surface area (Å²) in [4.78, 5) is 0. The van der Waals surface area contributed by atoms with Gasteiger partial charge in [0.25, 0.3) is 0 Å². The second-order valence-corrected chi connectivity index (χ2v) is 5.39. The molecule has 21 heavy (non-hydrogen) atoms. The molecule has 0 aliphatic heterocycles. The number of hydrogen-bond donors (Lipinski definition) is 1. The van der Waals surface area contributed by atoms with Crippen molar-refractivity contribution in [2.45, 2.75) is 6.92 Å². The van der Waals surface area contributed by atoms with Crippen molar-refractivity contribution < 1.29 is 0 Å². The van der Waals surface area contributed by atoms with Crippen molar-refractivity contribution in [1.82, 2.24) is 0 Å². The van der Waals surface area contributed by atoms with E-state index in [1.54, 1.807) is 0 Å². The average Bonchev–Trinajstić information content (AvgIpc) is 2.53. The SMILES string of the molecule is C=C/C(=C\C=C/C)Nc1ccc(Br)c(-c2ccccc2)c1. The van der Waals surface area contributed by atoms with E-state index in [4.69, 9.17) is 0 Å². The molecule has 0 spiro atoms. The first-order chi connectivity index (χ1) is 10.2. The molecule has 0 saturated carbocycles. The molecule has 0 atom stereocenters. The van der Waals surface area contributed by atoms with Gasteiger partial charge in [-0.05, 0) is 48.4 Å². The second kappa shape index (κ2) is 7.65. The number of rotatable bonds is 5. The topological polar surface area (TPSA) is 12.0 Å². The number of halogens is 1. The van der Waals surface area contributed by atoms with E-state index in [1.165, 1.54) is 5.56 Å². The van der Waals surface area contributed by atoms with E-state index in [9.17, 15) is 0 Å². The lowest BCUT2D eigenvalue weighted by molar-refractivity contribution is 1.46. The Morgan fingerprint density at radius 2 is 1.90 bits per heavy atom. The van der Waals surface area contributed by atoms with Crippen molar-refractivity contribution in [3.8, 4) is 11.1 Å². The summed E-state index contributed by atoms with van der Waals surface area (Å²) in [5, 5.41) is 3.37. The third-order valence-electron chi connectivity index (χ3n) is 3.03. The molecule has 0 aliphatic carbocycles. The molecule has 106 valence electrons. The number of hydrogen-bond acceptors (Lipinski definition) is 1. The molecule has 0 radical (unpaired) electrons. The molecule has 2 heteroatoms. The summed E-state index contributed by atoms with van der Waals surface area (Å²) in [5.41, 5.74) is 4.35. The molecule has 2 aromatic rings. The van der Waals surface area contributed by atoms with Gasteiger partial charge in [0.05, 0.1) is 0 Å². The summed E-state index contributed by atoms with van der Waals surface area (Å²) in [6, 6.07) is 16.6. The maximum atomic E-state index is 3.83. The highest BCUT2D eigenvalue weighted by Crippen LogP contribution is 2.31. The fourth-order valence-corrected chi connectivity index (χ4v) is 2.44. The molecule has 0 aromatic heterocycles. The fraction of sp³-hybridized carbons (Fsp3) is 0.0526. The van der Waals surface area contributed by atoms with Gasteiger partial charge in [-0.1, -0.05) is 65.0 Å². The Morgan fingerprint density at radius 3 is 2.57 bits per heavy atom. The molecule has 0 heterocycles. The van der Waals surface area contributed by atoms with Crippen molar-refractivity contribution in [2.75, 3.05) is 5.32 Å². The highest BCUT2D eigenvalue weighted by Gasteiger charge is 2.04. The molecule has 0 saturated heterocycles. The van der Waals surface area contributed by atoms with E-state index in [0.717, 1.165) is 21.4 Å². The average molecular weight is 340 g/mol. The van der Waals surface area contributed by atoms with Gasteiger partial charge in [-0.25, -0.2) is 0 Å². The van der Waals surface area contributed by atoms with Crippen molar-refractivity contribution in [2.24, 2.45) is 0 Å². The summed E-state index contributed by atoms with van der Waals surface area (Å²) < 4.78 is 1.08. The number of anilines is 1. The van der Waals surface area contributed by atoms with E-state index < -0.39 is 0 Å². The van der Waals surface area contributed by atoms with E-state index in [0.29, 0.717) is 0 Å². The van der Waals surface area contributed by atoms with Crippen LogP contribution in [0.2, 0.25) is 0 Å². The van der Waals surface area contributed by atoms with Crippen molar-refractivity contribution in [3.05, 3.63) is 89.6 Å². The maximum absolute atomic E-state index is 3.83. The van der Waals surface area contributed by atoms with E-state index >= 15 is 0 Å². The van der Waals surface area contributed by atoms with Crippen LogP contribution in [0.3, 0.4) is 0 Å². The van der Waals surface area contributed by atoms with Crippen molar-refractivity contribution in [3.63, 3.8) is 0 Å². The van der Waals surface area contributed by atoms with Gasteiger partial charge in [0.1, 0.15) is 0 Å². The Bertz CT molecular complexity index is 669. The van der Waals surface area contributed by atoms with Crippen LogP contribution in [-0.4, -0.2) is 0 Å². The second-order valence-electron chi connectivity index (χ2n) is 4.54. The standard InChI is InChI=1S/C19H18BrN/c1-3-5-11-16(4-2)21-17-12-13-19(20)18(14-17)15-9-7-6-8-10-15/h3-14,21H,2H2,1H3/b5-3-,16-11+. The van der Waals surface area contributed by atoms with Crippen LogP contribution in [0.1, 0.15) is 6.92 Å². The van der Waals surface area contributed by atoms with Gasteiger partial charge >= 0.3 is 0 Å². The first kappa shape index (κ1) is 15.3. The summed E-state index contributed by atoms with van der Waals surface area (Å²) >= 11 is 3.62. The first-order valence-electron chi connectivity index (χ1n) is 6.82. The molecular formula is C19H18BrN. The van der Waals surface area contributed by atoms with Gasteiger partial charge in [0, 0.05) is 15.9 Å². The Kier molecular flexibility index (Phi) is 5.59. The zero-order chi connectivity index (χ0) is 15.1. The third kappa shape index (κ3) is 4.20. The lowest BCUT2D eigenvalue weighted by Crippen LogP contribution is -1.96. The molecule has 0 unspecified atom stereocenters. The zero-order valence-electron chi connectivity index (χ0n) is 12.0. The summed E-state index contributed by atoms with van der Waals surface area (Å²) in [7, 11) is 0. The maximum Gasteiger partial charge on any atom is 0.0391 e.